The van der Waals surface area contributed by atoms with Crippen molar-refractivity contribution in [2.75, 3.05) is 26.7 Å². The van der Waals surface area contributed by atoms with Gasteiger partial charge in [0.05, 0.1) is 6.61 Å². The van der Waals surface area contributed by atoms with Crippen LogP contribution in [0.25, 0.3) is 0 Å². The molecule has 0 radical (unpaired) electrons. The summed E-state index contributed by atoms with van der Waals surface area (Å²) >= 11 is 0. The molecular weight excluding hydrogens is 290 g/mol. The zero-order chi connectivity index (χ0) is 17.1. The van der Waals surface area contributed by atoms with Gasteiger partial charge < -0.3 is 15.0 Å². The molecule has 0 unspecified atom stereocenters. The van der Waals surface area contributed by atoms with Crippen molar-refractivity contribution in [3.05, 3.63) is 35.4 Å². The molecule has 0 bridgehead atoms. The van der Waals surface area contributed by atoms with Crippen LogP contribution in [0.15, 0.2) is 29.3 Å². The summed E-state index contributed by atoms with van der Waals surface area (Å²) in [5.74, 6) is 0.709. The predicted octanol–water partition coefficient (Wildman–Crippen LogP) is 2.74. The molecule has 5 heteroatoms. The molecule has 128 valence electrons. The molecule has 0 saturated carbocycles. The van der Waals surface area contributed by atoms with Gasteiger partial charge in [0.2, 0.25) is 0 Å². The van der Waals surface area contributed by atoms with Crippen LogP contribution in [0.1, 0.15) is 37.8 Å². The molecule has 0 aliphatic carbocycles. The minimum absolute atomic E-state index is 0.152. The van der Waals surface area contributed by atoms with Crippen molar-refractivity contribution < 1.29 is 9.53 Å². The SMILES string of the molecule is CCNC(=NCCCC(=O)OCC)N(C)Cc1ccccc1C. The molecule has 0 aliphatic rings. The monoisotopic (exact) mass is 319 g/mol. The number of guanidine groups is 1. The van der Waals surface area contributed by atoms with E-state index in [4.69, 9.17) is 4.74 Å². The van der Waals surface area contributed by atoms with E-state index in [-0.39, 0.29) is 5.97 Å². The Labute approximate surface area is 139 Å². The van der Waals surface area contributed by atoms with E-state index in [0.717, 1.165) is 19.0 Å². The van der Waals surface area contributed by atoms with Crippen molar-refractivity contribution in [3.8, 4) is 0 Å². The maximum atomic E-state index is 11.3. The largest absolute Gasteiger partial charge is 0.466 e. The number of hydrogen-bond donors (Lipinski definition) is 1. The summed E-state index contributed by atoms with van der Waals surface area (Å²) in [7, 11) is 2.03. The number of carbonyl (C=O) groups excluding carboxylic acids is 1. The Morgan fingerprint density at radius 3 is 2.70 bits per heavy atom. The van der Waals surface area contributed by atoms with Gasteiger partial charge in [-0.15, -0.1) is 0 Å². The quantitative estimate of drug-likeness (QED) is 0.346. The van der Waals surface area contributed by atoms with Crippen LogP contribution in [0.3, 0.4) is 0 Å². The Balaban J connectivity index is 2.56. The molecular formula is C18H29N3O2. The first-order chi connectivity index (χ1) is 11.1. The van der Waals surface area contributed by atoms with E-state index in [9.17, 15) is 4.79 Å². The fourth-order valence-corrected chi connectivity index (χ4v) is 2.23. The van der Waals surface area contributed by atoms with Crippen molar-refractivity contribution in [3.63, 3.8) is 0 Å². The molecule has 0 atom stereocenters. The molecule has 5 nitrogen and oxygen atoms in total. The van der Waals surface area contributed by atoms with Gasteiger partial charge in [0.1, 0.15) is 0 Å². The molecule has 0 fully saturated rings. The molecule has 0 heterocycles. The number of carbonyl (C=O) groups is 1. The minimum Gasteiger partial charge on any atom is -0.466 e. The first-order valence-corrected chi connectivity index (χ1v) is 8.28. The van der Waals surface area contributed by atoms with Gasteiger partial charge >= 0.3 is 5.97 Å². The van der Waals surface area contributed by atoms with Gasteiger partial charge in [-0.25, -0.2) is 0 Å². The normalized spacial score (nSPS) is 11.2. The first kappa shape index (κ1) is 19.0. The van der Waals surface area contributed by atoms with Gasteiger partial charge in [-0.1, -0.05) is 24.3 Å². The van der Waals surface area contributed by atoms with Crippen LogP contribution in [0.5, 0.6) is 0 Å². The summed E-state index contributed by atoms with van der Waals surface area (Å²) in [6.45, 7) is 8.65. The number of rotatable bonds is 8. The molecule has 0 aliphatic heterocycles. The van der Waals surface area contributed by atoms with E-state index in [1.165, 1.54) is 11.1 Å². The Bertz CT molecular complexity index is 515. The molecule has 1 N–H and O–H groups in total. The Hall–Kier alpha value is -2.04. The molecule has 23 heavy (non-hydrogen) atoms. The molecule has 1 aromatic rings. The zero-order valence-electron chi connectivity index (χ0n) is 14.8. The molecule has 0 aromatic heterocycles. The number of nitrogens with zero attached hydrogens (tertiary/aromatic N) is 2. The standard InChI is InChI=1S/C18H29N3O2/c1-5-19-18(20-13-9-12-17(22)23-6-2)21(4)14-16-11-8-7-10-15(16)3/h7-8,10-11H,5-6,9,12-14H2,1-4H3,(H,19,20). The number of esters is 1. The highest BCUT2D eigenvalue weighted by molar-refractivity contribution is 5.79. The van der Waals surface area contributed by atoms with Crippen LogP contribution >= 0.6 is 0 Å². The van der Waals surface area contributed by atoms with Crippen molar-refractivity contribution in [2.24, 2.45) is 4.99 Å². The molecule has 1 aromatic carbocycles. The van der Waals surface area contributed by atoms with Crippen molar-refractivity contribution in [1.82, 2.24) is 10.2 Å². The molecule has 0 spiro atoms. The second kappa shape index (κ2) is 10.6. The van der Waals surface area contributed by atoms with E-state index in [2.05, 4.69) is 47.3 Å². The van der Waals surface area contributed by atoms with Gasteiger partial charge in [-0.05, 0) is 38.3 Å². The highest BCUT2D eigenvalue weighted by Gasteiger charge is 2.08. The summed E-state index contributed by atoms with van der Waals surface area (Å²) < 4.78 is 4.92. The second-order valence-electron chi connectivity index (χ2n) is 5.43. The molecule has 0 saturated heterocycles. The highest BCUT2D eigenvalue weighted by Crippen LogP contribution is 2.09. The lowest BCUT2D eigenvalue weighted by Gasteiger charge is -2.23. The van der Waals surface area contributed by atoms with Crippen LogP contribution in [-0.2, 0) is 16.1 Å². The number of aliphatic imine (C=N–C) groups is 1. The van der Waals surface area contributed by atoms with Crippen LogP contribution in [0, 0.1) is 6.92 Å². The third-order valence-electron chi connectivity index (χ3n) is 3.47. The zero-order valence-corrected chi connectivity index (χ0v) is 14.8. The van der Waals surface area contributed by atoms with E-state index in [1.807, 2.05) is 20.0 Å². The predicted molar refractivity (Wildman–Crippen MR) is 94.5 cm³/mol. The second-order valence-corrected chi connectivity index (χ2v) is 5.43. The number of aryl methyl sites for hydroxylation is 1. The lowest BCUT2D eigenvalue weighted by molar-refractivity contribution is -0.143. The van der Waals surface area contributed by atoms with Crippen LogP contribution in [-0.4, -0.2) is 43.6 Å². The molecule has 0 amide bonds. The van der Waals surface area contributed by atoms with Gasteiger partial charge in [-0.2, -0.15) is 0 Å². The summed E-state index contributed by atoms with van der Waals surface area (Å²) in [5.41, 5.74) is 2.56. The number of ether oxygens (including phenoxy) is 1. The van der Waals surface area contributed by atoms with E-state index in [1.54, 1.807) is 0 Å². The van der Waals surface area contributed by atoms with Gasteiger partial charge in [0.15, 0.2) is 5.96 Å². The van der Waals surface area contributed by atoms with E-state index >= 15 is 0 Å². The fourth-order valence-electron chi connectivity index (χ4n) is 2.23. The third-order valence-corrected chi connectivity index (χ3v) is 3.47. The summed E-state index contributed by atoms with van der Waals surface area (Å²) in [6.07, 6.45) is 1.12. The third kappa shape index (κ3) is 7.17. The smallest absolute Gasteiger partial charge is 0.305 e. The van der Waals surface area contributed by atoms with Crippen LogP contribution < -0.4 is 5.32 Å². The van der Waals surface area contributed by atoms with Gasteiger partial charge in [0.25, 0.3) is 0 Å². The Morgan fingerprint density at radius 1 is 1.30 bits per heavy atom. The Kier molecular flexibility index (Phi) is 8.80. The maximum absolute atomic E-state index is 11.3. The Morgan fingerprint density at radius 2 is 2.04 bits per heavy atom. The average Bonchev–Trinajstić information content (AvgIpc) is 2.52. The van der Waals surface area contributed by atoms with Crippen LogP contribution in [0.2, 0.25) is 0 Å². The van der Waals surface area contributed by atoms with Crippen molar-refractivity contribution in [2.45, 2.75) is 40.2 Å². The molecule has 1 rings (SSSR count). The van der Waals surface area contributed by atoms with Gasteiger partial charge in [0, 0.05) is 33.1 Å². The van der Waals surface area contributed by atoms with Gasteiger partial charge in [-0.3, -0.25) is 9.79 Å². The highest BCUT2D eigenvalue weighted by atomic mass is 16.5. The summed E-state index contributed by atoms with van der Waals surface area (Å²) in [4.78, 5) is 18.0. The summed E-state index contributed by atoms with van der Waals surface area (Å²) in [5, 5.41) is 3.30. The minimum atomic E-state index is -0.152. The maximum Gasteiger partial charge on any atom is 0.305 e. The lowest BCUT2D eigenvalue weighted by atomic mass is 10.1. The first-order valence-electron chi connectivity index (χ1n) is 8.28. The lowest BCUT2D eigenvalue weighted by Crippen LogP contribution is -2.38. The summed E-state index contributed by atoms with van der Waals surface area (Å²) in [6, 6.07) is 8.36. The van der Waals surface area contributed by atoms with Crippen molar-refractivity contribution in [1.29, 1.82) is 0 Å². The number of hydrogen-bond acceptors (Lipinski definition) is 3. The van der Waals surface area contributed by atoms with Crippen LogP contribution in [0.4, 0.5) is 0 Å². The topological polar surface area (TPSA) is 53.9 Å². The number of benzene rings is 1. The number of nitrogens with one attached hydrogen (secondary N) is 1. The average molecular weight is 319 g/mol. The van der Waals surface area contributed by atoms with Crippen molar-refractivity contribution >= 4 is 11.9 Å². The van der Waals surface area contributed by atoms with E-state index < -0.39 is 0 Å². The fraction of sp³-hybridized carbons (Fsp3) is 0.556. The van der Waals surface area contributed by atoms with E-state index in [0.29, 0.717) is 26.0 Å².